The number of rotatable bonds is 6. The molecule has 2 aromatic carbocycles. The molecule has 0 saturated heterocycles. The van der Waals surface area contributed by atoms with Gasteiger partial charge in [-0.3, -0.25) is 0 Å². The van der Waals surface area contributed by atoms with E-state index in [0.29, 0.717) is 6.54 Å². The molecule has 0 aliphatic rings. The van der Waals surface area contributed by atoms with E-state index in [-0.39, 0.29) is 12.4 Å². The minimum atomic E-state index is -4.77. The lowest BCUT2D eigenvalue weighted by Crippen LogP contribution is -2.17. The number of halogens is 3. The summed E-state index contributed by atoms with van der Waals surface area (Å²) in [5.41, 5.74) is 1.88. The van der Waals surface area contributed by atoms with Crippen LogP contribution in [-0.2, 0) is 6.42 Å². The van der Waals surface area contributed by atoms with Gasteiger partial charge in [0.15, 0.2) is 11.5 Å². The molecule has 6 heteroatoms. The summed E-state index contributed by atoms with van der Waals surface area (Å²) < 4.78 is 46.2. The standard InChI is InChI=1S/C19H16F3NO2/c1-23-12-11-16-7-4-6-15(14-16)8-5-13-24-17-9-2-3-10-18(17)25-19(20,21)22/h2-4,6-7,9-10,14H,1,11-13H2. The summed E-state index contributed by atoms with van der Waals surface area (Å²) >= 11 is 0. The number of para-hydroxylation sites is 2. The van der Waals surface area contributed by atoms with Gasteiger partial charge in [-0.1, -0.05) is 36.1 Å². The van der Waals surface area contributed by atoms with Crippen LogP contribution in [0.25, 0.3) is 0 Å². The van der Waals surface area contributed by atoms with Crippen molar-refractivity contribution >= 4 is 6.72 Å². The summed E-state index contributed by atoms with van der Waals surface area (Å²) in [5, 5.41) is 0. The first-order valence-electron chi connectivity index (χ1n) is 7.46. The molecule has 0 fully saturated rings. The minimum absolute atomic E-state index is 0.0140. The highest BCUT2D eigenvalue weighted by Crippen LogP contribution is 2.31. The highest BCUT2D eigenvalue weighted by atomic mass is 19.4. The van der Waals surface area contributed by atoms with Gasteiger partial charge >= 0.3 is 6.36 Å². The van der Waals surface area contributed by atoms with Crippen molar-refractivity contribution in [2.45, 2.75) is 12.8 Å². The van der Waals surface area contributed by atoms with Gasteiger partial charge < -0.3 is 14.5 Å². The average Bonchev–Trinajstić information content (AvgIpc) is 2.57. The largest absolute Gasteiger partial charge is 0.573 e. The Kier molecular flexibility index (Phi) is 6.47. The Labute approximate surface area is 144 Å². The van der Waals surface area contributed by atoms with E-state index >= 15 is 0 Å². The molecule has 0 radical (unpaired) electrons. The van der Waals surface area contributed by atoms with E-state index in [1.165, 1.54) is 18.2 Å². The Hall–Kier alpha value is -2.94. The number of aliphatic imine (C=N–C) groups is 1. The van der Waals surface area contributed by atoms with Crippen LogP contribution in [0.4, 0.5) is 13.2 Å². The summed E-state index contributed by atoms with van der Waals surface area (Å²) in [6.45, 7) is 4.02. The van der Waals surface area contributed by atoms with Crippen LogP contribution in [-0.4, -0.2) is 26.2 Å². The van der Waals surface area contributed by atoms with Gasteiger partial charge in [0.2, 0.25) is 0 Å². The molecule has 0 N–H and O–H groups in total. The smallest absolute Gasteiger partial charge is 0.477 e. The number of ether oxygens (including phenoxy) is 2. The molecule has 0 atom stereocenters. The van der Waals surface area contributed by atoms with Crippen molar-refractivity contribution in [3.63, 3.8) is 0 Å². The Balaban J connectivity index is 1.98. The van der Waals surface area contributed by atoms with Gasteiger partial charge in [0.05, 0.1) is 0 Å². The third-order valence-electron chi connectivity index (χ3n) is 3.09. The maximum Gasteiger partial charge on any atom is 0.573 e. The molecule has 2 rings (SSSR count). The van der Waals surface area contributed by atoms with Crippen molar-refractivity contribution in [1.29, 1.82) is 0 Å². The highest BCUT2D eigenvalue weighted by Gasteiger charge is 2.32. The van der Waals surface area contributed by atoms with E-state index in [4.69, 9.17) is 4.74 Å². The molecule has 2 aromatic rings. The number of hydrogen-bond acceptors (Lipinski definition) is 3. The molecule has 0 unspecified atom stereocenters. The second-order valence-electron chi connectivity index (χ2n) is 4.98. The third-order valence-corrected chi connectivity index (χ3v) is 3.09. The van der Waals surface area contributed by atoms with Gasteiger partial charge in [0.1, 0.15) is 6.61 Å². The predicted octanol–water partition coefficient (Wildman–Crippen LogP) is 4.26. The minimum Gasteiger partial charge on any atom is -0.477 e. The molecule has 25 heavy (non-hydrogen) atoms. The van der Waals surface area contributed by atoms with E-state index in [9.17, 15) is 13.2 Å². The van der Waals surface area contributed by atoms with Gasteiger partial charge in [-0.05, 0) is 43.0 Å². The van der Waals surface area contributed by atoms with E-state index in [0.717, 1.165) is 17.5 Å². The van der Waals surface area contributed by atoms with Crippen molar-refractivity contribution in [2.75, 3.05) is 13.2 Å². The van der Waals surface area contributed by atoms with E-state index in [2.05, 4.69) is 28.3 Å². The lowest BCUT2D eigenvalue weighted by Gasteiger charge is -2.12. The molecule has 130 valence electrons. The molecule has 0 spiro atoms. The molecule has 0 aliphatic carbocycles. The second-order valence-corrected chi connectivity index (χ2v) is 4.98. The molecule has 0 amide bonds. The third kappa shape index (κ3) is 6.60. The van der Waals surface area contributed by atoms with Crippen molar-refractivity contribution in [3.8, 4) is 23.3 Å². The molecule has 3 nitrogen and oxygen atoms in total. The average molecular weight is 347 g/mol. The molecule has 0 bridgehead atoms. The second kappa shape index (κ2) is 8.78. The van der Waals surface area contributed by atoms with Crippen LogP contribution >= 0.6 is 0 Å². The maximum atomic E-state index is 12.3. The Morgan fingerprint density at radius 2 is 1.80 bits per heavy atom. The van der Waals surface area contributed by atoms with Crippen molar-refractivity contribution < 1.29 is 22.6 Å². The maximum absolute atomic E-state index is 12.3. The Morgan fingerprint density at radius 3 is 2.52 bits per heavy atom. The SMILES string of the molecule is C=NCCc1cccc(C#CCOc2ccccc2OC(F)(F)F)c1. The lowest BCUT2D eigenvalue weighted by atomic mass is 10.1. The molecular formula is C19H16F3NO2. The zero-order valence-electron chi connectivity index (χ0n) is 13.3. The fourth-order valence-electron chi connectivity index (χ4n) is 2.04. The van der Waals surface area contributed by atoms with Gasteiger partial charge in [-0.2, -0.15) is 0 Å². The monoisotopic (exact) mass is 347 g/mol. The van der Waals surface area contributed by atoms with E-state index in [1.807, 2.05) is 24.3 Å². The Morgan fingerprint density at radius 1 is 1.04 bits per heavy atom. The van der Waals surface area contributed by atoms with Crippen LogP contribution in [0.5, 0.6) is 11.5 Å². The lowest BCUT2D eigenvalue weighted by molar-refractivity contribution is -0.275. The molecule has 0 aromatic heterocycles. The zero-order valence-corrected chi connectivity index (χ0v) is 13.3. The van der Waals surface area contributed by atoms with Crippen LogP contribution in [0.15, 0.2) is 53.5 Å². The number of alkyl halides is 3. The van der Waals surface area contributed by atoms with Crippen LogP contribution in [0, 0.1) is 11.8 Å². The fraction of sp³-hybridized carbons (Fsp3) is 0.211. The van der Waals surface area contributed by atoms with Gasteiger partial charge in [-0.25, -0.2) is 0 Å². The molecular weight excluding hydrogens is 331 g/mol. The number of nitrogens with zero attached hydrogens (tertiary/aromatic N) is 1. The highest BCUT2D eigenvalue weighted by molar-refractivity contribution is 5.41. The van der Waals surface area contributed by atoms with Crippen LogP contribution in [0.2, 0.25) is 0 Å². The van der Waals surface area contributed by atoms with Crippen molar-refractivity contribution in [3.05, 3.63) is 59.7 Å². The van der Waals surface area contributed by atoms with E-state index in [1.54, 1.807) is 6.07 Å². The molecule has 0 aliphatic heterocycles. The van der Waals surface area contributed by atoms with Gasteiger partial charge in [0.25, 0.3) is 0 Å². The number of benzene rings is 2. The van der Waals surface area contributed by atoms with Crippen LogP contribution in [0.3, 0.4) is 0 Å². The van der Waals surface area contributed by atoms with Crippen LogP contribution < -0.4 is 9.47 Å². The summed E-state index contributed by atoms with van der Waals surface area (Å²) in [5.74, 6) is 5.29. The normalized spacial score (nSPS) is 10.5. The first-order chi connectivity index (χ1) is 12.0. The van der Waals surface area contributed by atoms with Crippen LogP contribution in [0.1, 0.15) is 11.1 Å². The predicted molar refractivity (Wildman–Crippen MR) is 90.1 cm³/mol. The Bertz CT molecular complexity index is 776. The molecule has 0 heterocycles. The summed E-state index contributed by atoms with van der Waals surface area (Å²) in [6.07, 6.45) is -4.00. The van der Waals surface area contributed by atoms with Gasteiger partial charge in [0, 0.05) is 12.1 Å². The summed E-state index contributed by atoms with van der Waals surface area (Å²) in [4.78, 5) is 3.81. The zero-order chi connectivity index (χ0) is 18.1. The first-order valence-corrected chi connectivity index (χ1v) is 7.46. The topological polar surface area (TPSA) is 30.8 Å². The fourth-order valence-corrected chi connectivity index (χ4v) is 2.04. The van der Waals surface area contributed by atoms with Gasteiger partial charge in [-0.15, -0.1) is 13.2 Å². The van der Waals surface area contributed by atoms with E-state index < -0.39 is 12.1 Å². The van der Waals surface area contributed by atoms with Crippen molar-refractivity contribution in [1.82, 2.24) is 0 Å². The molecule has 0 saturated carbocycles. The quantitative estimate of drug-likeness (QED) is 0.577. The first kappa shape index (κ1) is 18.4. The summed E-state index contributed by atoms with van der Waals surface area (Å²) in [6, 6.07) is 13.2. The van der Waals surface area contributed by atoms with Crippen molar-refractivity contribution in [2.24, 2.45) is 4.99 Å². The summed E-state index contributed by atoms with van der Waals surface area (Å²) in [7, 11) is 0. The number of hydrogen-bond donors (Lipinski definition) is 0.